The molecule has 1 aromatic carbocycles. The van der Waals surface area contributed by atoms with Gasteiger partial charge in [0.15, 0.2) is 5.11 Å². The zero-order valence-electron chi connectivity index (χ0n) is 10.6. The van der Waals surface area contributed by atoms with Gasteiger partial charge in [0.1, 0.15) is 0 Å². The fourth-order valence-corrected chi connectivity index (χ4v) is 2.86. The summed E-state index contributed by atoms with van der Waals surface area (Å²) in [6.45, 7) is 2.03. The van der Waals surface area contributed by atoms with Crippen LogP contribution in [0, 0.1) is 6.92 Å². The molecular weight excluding hydrogens is 264 g/mol. The normalized spacial score (nSPS) is 16.3. The van der Waals surface area contributed by atoms with Crippen LogP contribution in [0.25, 0.3) is 0 Å². The minimum absolute atomic E-state index is 0.534. The lowest BCUT2D eigenvalue weighted by molar-refractivity contribution is 0.415. The number of anilines is 1. The highest BCUT2D eigenvalue weighted by atomic mass is 35.5. The Balaban J connectivity index is 1.90. The standard InChI is InChI=1S/C14H19ClN2S/c1-10-9-11(15)7-8-13(10)17-14(18)16-12-5-3-2-4-6-12/h7-9,12H,2-6H2,1H3,(H2,16,17,18). The van der Waals surface area contributed by atoms with E-state index in [1.54, 1.807) is 0 Å². The van der Waals surface area contributed by atoms with E-state index in [2.05, 4.69) is 10.6 Å². The first kappa shape index (κ1) is 13.6. The Bertz CT molecular complexity index is 428. The molecule has 0 atom stereocenters. The highest BCUT2D eigenvalue weighted by molar-refractivity contribution is 7.80. The number of hydrogen-bond donors (Lipinski definition) is 2. The molecule has 2 rings (SSSR count). The van der Waals surface area contributed by atoms with Gasteiger partial charge in [0, 0.05) is 16.8 Å². The first-order valence-corrected chi connectivity index (χ1v) is 7.27. The zero-order chi connectivity index (χ0) is 13.0. The van der Waals surface area contributed by atoms with Crippen LogP contribution in [0.4, 0.5) is 5.69 Å². The summed E-state index contributed by atoms with van der Waals surface area (Å²) >= 11 is 11.3. The van der Waals surface area contributed by atoms with Crippen molar-refractivity contribution in [1.29, 1.82) is 0 Å². The summed E-state index contributed by atoms with van der Waals surface area (Å²) in [5, 5.41) is 8.11. The Labute approximate surface area is 119 Å². The fourth-order valence-electron chi connectivity index (χ4n) is 2.36. The van der Waals surface area contributed by atoms with Gasteiger partial charge in [0.25, 0.3) is 0 Å². The van der Waals surface area contributed by atoms with Gasteiger partial charge in [-0.1, -0.05) is 30.9 Å². The Morgan fingerprint density at radius 2 is 2.00 bits per heavy atom. The highest BCUT2D eigenvalue weighted by Gasteiger charge is 2.14. The second-order valence-electron chi connectivity index (χ2n) is 4.89. The first-order chi connectivity index (χ1) is 8.65. The molecule has 2 nitrogen and oxygen atoms in total. The molecule has 2 N–H and O–H groups in total. The first-order valence-electron chi connectivity index (χ1n) is 6.49. The highest BCUT2D eigenvalue weighted by Crippen LogP contribution is 2.20. The molecule has 4 heteroatoms. The van der Waals surface area contributed by atoms with E-state index in [0.717, 1.165) is 16.3 Å². The van der Waals surface area contributed by atoms with Crippen LogP contribution in [0.15, 0.2) is 18.2 Å². The summed E-state index contributed by atoms with van der Waals surface area (Å²) in [5.74, 6) is 0. The van der Waals surface area contributed by atoms with Crippen molar-refractivity contribution in [3.05, 3.63) is 28.8 Å². The molecular formula is C14H19ClN2S. The van der Waals surface area contributed by atoms with Gasteiger partial charge in [-0.2, -0.15) is 0 Å². The van der Waals surface area contributed by atoms with Crippen molar-refractivity contribution in [3.8, 4) is 0 Å². The predicted octanol–water partition coefficient (Wildman–Crippen LogP) is 4.27. The molecule has 0 radical (unpaired) electrons. The van der Waals surface area contributed by atoms with Crippen LogP contribution in [0.1, 0.15) is 37.7 Å². The average molecular weight is 283 g/mol. The second kappa shape index (κ2) is 6.39. The molecule has 18 heavy (non-hydrogen) atoms. The van der Waals surface area contributed by atoms with Gasteiger partial charge in [0.05, 0.1) is 0 Å². The summed E-state index contributed by atoms with van der Waals surface area (Å²) in [6.07, 6.45) is 6.41. The number of halogens is 1. The van der Waals surface area contributed by atoms with Crippen molar-refractivity contribution in [2.45, 2.75) is 45.1 Å². The molecule has 1 aliphatic rings. The molecule has 0 saturated heterocycles. The van der Waals surface area contributed by atoms with Crippen LogP contribution < -0.4 is 10.6 Å². The molecule has 1 saturated carbocycles. The molecule has 0 amide bonds. The minimum Gasteiger partial charge on any atom is -0.360 e. The van der Waals surface area contributed by atoms with Crippen molar-refractivity contribution in [1.82, 2.24) is 5.32 Å². The number of rotatable bonds is 2. The maximum atomic E-state index is 5.93. The molecule has 0 heterocycles. The van der Waals surface area contributed by atoms with Crippen molar-refractivity contribution in [2.75, 3.05) is 5.32 Å². The van der Waals surface area contributed by atoms with E-state index in [9.17, 15) is 0 Å². The number of benzene rings is 1. The molecule has 0 spiro atoms. The summed E-state index contributed by atoms with van der Waals surface area (Å²) < 4.78 is 0. The third kappa shape index (κ3) is 3.85. The molecule has 98 valence electrons. The molecule has 0 aromatic heterocycles. The number of hydrogen-bond acceptors (Lipinski definition) is 1. The summed E-state index contributed by atoms with van der Waals surface area (Å²) in [5.41, 5.74) is 2.13. The van der Waals surface area contributed by atoms with E-state index in [1.165, 1.54) is 32.1 Å². The van der Waals surface area contributed by atoms with Gasteiger partial charge < -0.3 is 10.6 Å². The van der Waals surface area contributed by atoms with Gasteiger partial charge in [-0.25, -0.2) is 0 Å². The third-order valence-corrected chi connectivity index (χ3v) is 3.83. The van der Waals surface area contributed by atoms with Gasteiger partial charge in [-0.15, -0.1) is 0 Å². The third-order valence-electron chi connectivity index (χ3n) is 3.38. The topological polar surface area (TPSA) is 24.1 Å². The van der Waals surface area contributed by atoms with Crippen LogP contribution in [-0.4, -0.2) is 11.2 Å². The van der Waals surface area contributed by atoms with Gasteiger partial charge in [-0.05, 0) is 55.7 Å². The van der Waals surface area contributed by atoms with Crippen molar-refractivity contribution < 1.29 is 0 Å². The quantitative estimate of drug-likeness (QED) is 0.792. The molecule has 0 unspecified atom stereocenters. The summed E-state index contributed by atoms with van der Waals surface area (Å²) in [7, 11) is 0. The van der Waals surface area contributed by atoms with Crippen LogP contribution in [0.2, 0.25) is 5.02 Å². The maximum absolute atomic E-state index is 5.93. The summed E-state index contributed by atoms with van der Waals surface area (Å²) in [6, 6.07) is 6.31. The van der Waals surface area contributed by atoms with Gasteiger partial charge in [-0.3, -0.25) is 0 Å². The Morgan fingerprint density at radius 3 is 2.67 bits per heavy atom. The number of aryl methyl sites for hydroxylation is 1. The zero-order valence-corrected chi connectivity index (χ0v) is 12.2. The monoisotopic (exact) mass is 282 g/mol. The average Bonchev–Trinajstić information content (AvgIpc) is 2.34. The minimum atomic E-state index is 0.534. The van der Waals surface area contributed by atoms with Gasteiger partial charge >= 0.3 is 0 Å². The van der Waals surface area contributed by atoms with E-state index < -0.39 is 0 Å². The van der Waals surface area contributed by atoms with E-state index >= 15 is 0 Å². The van der Waals surface area contributed by atoms with Gasteiger partial charge in [0.2, 0.25) is 0 Å². The van der Waals surface area contributed by atoms with E-state index in [0.29, 0.717) is 11.2 Å². The lowest BCUT2D eigenvalue weighted by Crippen LogP contribution is -2.38. The lowest BCUT2D eigenvalue weighted by atomic mass is 9.96. The molecule has 1 fully saturated rings. The number of nitrogens with one attached hydrogen (secondary N) is 2. The number of thiocarbonyl (C=S) groups is 1. The van der Waals surface area contributed by atoms with E-state index in [-0.39, 0.29) is 0 Å². The maximum Gasteiger partial charge on any atom is 0.171 e. The lowest BCUT2D eigenvalue weighted by Gasteiger charge is -2.24. The van der Waals surface area contributed by atoms with E-state index in [4.69, 9.17) is 23.8 Å². The molecule has 1 aromatic rings. The van der Waals surface area contributed by atoms with Crippen LogP contribution in [-0.2, 0) is 0 Å². The Kier molecular flexibility index (Phi) is 4.84. The smallest absolute Gasteiger partial charge is 0.171 e. The fraction of sp³-hybridized carbons (Fsp3) is 0.500. The van der Waals surface area contributed by atoms with Crippen molar-refractivity contribution in [2.24, 2.45) is 0 Å². The van der Waals surface area contributed by atoms with Crippen LogP contribution >= 0.6 is 23.8 Å². The predicted molar refractivity (Wildman–Crippen MR) is 82.4 cm³/mol. The van der Waals surface area contributed by atoms with Crippen LogP contribution in [0.3, 0.4) is 0 Å². The molecule has 1 aliphatic carbocycles. The molecule has 0 bridgehead atoms. The Hall–Kier alpha value is -0.800. The van der Waals surface area contributed by atoms with E-state index in [1.807, 2.05) is 25.1 Å². The Morgan fingerprint density at radius 1 is 1.28 bits per heavy atom. The SMILES string of the molecule is Cc1cc(Cl)ccc1NC(=S)NC1CCCCC1. The van der Waals surface area contributed by atoms with Crippen molar-refractivity contribution >= 4 is 34.6 Å². The largest absolute Gasteiger partial charge is 0.360 e. The van der Waals surface area contributed by atoms with Crippen molar-refractivity contribution in [3.63, 3.8) is 0 Å². The molecule has 0 aliphatic heterocycles. The summed E-state index contributed by atoms with van der Waals surface area (Å²) in [4.78, 5) is 0. The van der Waals surface area contributed by atoms with Crippen LogP contribution in [0.5, 0.6) is 0 Å². The second-order valence-corrected chi connectivity index (χ2v) is 5.74.